The zero-order chi connectivity index (χ0) is 23.6. The lowest BCUT2D eigenvalue weighted by molar-refractivity contribution is 0.187. The number of likely N-dealkylation sites (tertiary alicyclic amines) is 1. The lowest BCUT2D eigenvalue weighted by Gasteiger charge is -2.36. The predicted molar refractivity (Wildman–Crippen MR) is 142 cm³/mol. The number of nitrogens with zero attached hydrogens (tertiary/aromatic N) is 4. The van der Waals surface area contributed by atoms with Crippen LogP contribution in [0.4, 0.5) is 5.69 Å². The number of rotatable bonds is 4. The van der Waals surface area contributed by atoms with Gasteiger partial charge in [0.15, 0.2) is 0 Å². The number of anilines is 1. The molecule has 0 aliphatic carbocycles. The normalized spacial score (nSPS) is 17.0. The van der Waals surface area contributed by atoms with E-state index in [2.05, 4.69) is 63.3 Å². The Bertz CT molecular complexity index is 1390. The van der Waals surface area contributed by atoms with Gasteiger partial charge in [0, 0.05) is 44.5 Å². The number of benzene rings is 3. The molecule has 2 aliphatic heterocycles. The van der Waals surface area contributed by atoms with E-state index in [-0.39, 0.29) is 11.6 Å². The SMILES string of the molecule is O=c1c2ccccc2ncn1C1CCN(CCN2Cc3ccccc3CCc3ccccc32)CC1. The first-order chi connectivity index (χ1) is 17.3. The molecule has 0 spiro atoms. The maximum Gasteiger partial charge on any atom is 0.261 e. The van der Waals surface area contributed by atoms with Gasteiger partial charge < -0.3 is 9.80 Å². The quantitative estimate of drug-likeness (QED) is 0.433. The summed E-state index contributed by atoms with van der Waals surface area (Å²) < 4.78 is 1.87. The fourth-order valence-corrected chi connectivity index (χ4v) is 5.77. The van der Waals surface area contributed by atoms with Gasteiger partial charge in [-0.15, -0.1) is 0 Å². The Morgan fingerprint density at radius 2 is 1.46 bits per heavy atom. The van der Waals surface area contributed by atoms with Crippen LogP contribution in [0.5, 0.6) is 0 Å². The van der Waals surface area contributed by atoms with Crippen molar-refractivity contribution in [3.63, 3.8) is 0 Å². The predicted octanol–water partition coefficient (Wildman–Crippen LogP) is 4.84. The molecule has 6 rings (SSSR count). The molecule has 1 saturated heterocycles. The van der Waals surface area contributed by atoms with Gasteiger partial charge in [0.1, 0.15) is 0 Å². The Hall–Kier alpha value is -3.44. The van der Waals surface area contributed by atoms with Crippen molar-refractivity contribution < 1.29 is 0 Å². The van der Waals surface area contributed by atoms with Crippen LogP contribution in [0.2, 0.25) is 0 Å². The maximum atomic E-state index is 13.0. The minimum Gasteiger partial charge on any atom is -0.366 e. The Morgan fingerprint density at radius 3 is 2.31 bits per heavy atom. The molecule has 5 nitrogen and oxygen atoms in total. The summed E-state index contributed by atoms with van der Waals surface area (Å²) in [5.41, 5.74) is 6.62. The second kappa shape index (κ2) is 9.67. The van der Waals surface area contributed by atoms with E-state index in [1.54, 1.807) is 6.33 Å². The van der Waals surface area contributed by atoms with Gasteiger partial charge in [-0.25, -0.2) is 4.98 Å². The zero-order valence-electron chi connectivity index (χ0n) is 20.1. The van der Waals surface area contributed by atoms with Gasteiger partial charge >= 0.3 is 0 Å². The van der Waals surface area contributed by atoms with E-state index < -0.39 is 0 Å². The first-order valence-electron chi connectivity index (χ1n) is 12.8. The maximum absolute atomic E-state index is 13.0. The molecular weight excluding hydrogens is 432 g/mol. The highest BCUT2D eigenvalue weighted by molar-refractivity contribution is 5.76. The van der Waals surface area contributed by atoms with Crippen molar-refractivity contribution in [2.45, 2.75) is 38.3 Å². The van der Waals surface area contributed by atoms with Crippen molar-refractivity contribution in [1.82, 2.24) is 14.5 Å². The monoisotopic (exact) mass is 464 g/mol. The summed E-state index contributed by atoms with van der Waals surface area (Å²) in [5, 5.41) is 0.716. The van der Waals surface area contributed by atoms with Gasteiger partial charge in [-0.05, 0) is 60.6 Å². The van der Waals surface area contributed by atoms with Crippen molar-refractivity contribution in [1.29, 1.82) is 0 Å². The molecule has 5 heteroatoms. The Labute approximate surface area is 206 Å². The lowest BCUT2D eigenvalue weighted by Crippen LogP contribution is -2.41. The molecule has 0 N–H and O–H groups in total. The highest BCUT2D eigenvalue weighted by atomic mass is 16.1. The minimum atomic E-state index is 0.0879. The first-order valence-corrected chi connectivity index (χ1v) is 12.8. The Kier molecular flexibility index (Phi) is 6.09. The average Bonchev–Trinajstić information content (AvgIpc) is 2.90. The Morgan fingerprint density at radius 1 is 0.771 bits per heavy atom. The smallest absolute Gasteiger partial charge is 0.261 e. The van der Waals surface area contributed by atoms with Crippen molar-refractivity contribution >= 4 is 16.6 Å². The molecule has 3 aromatic carbocycles. The second-order valence-corrected chi connectivity index (χ2v) is 9.87. The highest BCUT2D eigenvalue weighted by Gasteiger charge is 2.23. The minimum absolute atomic E-state index is 0.0879. The summed E-state index contributed by atoms with van der Waals surface area (Å²) in [6, 6.07) is 25.7. The molecule has 0 atom stereocenters. The van der Waals surface area contributed by atoms with Crippen LogP contribution in [0.25, 0.3) is 10.9 Å². The topological polar surface area (TPSA) is 41.4 Å². The molecule has 4 aromatic rings. The number of para-hydroxylation sites is 2. The fourth-order valence-electron chi connectivity index (χ4n) is 5.77. The largest absolute Gasteiger partial charge is 0.366 e. The highest BCUT2D eigenvalue weighted by Crippen LogP contribution is 2.29. The van der Waals surface area contributed by atoms with Crippen molar-refractivity contribution in [3.8, 4) is 0 Å². The van der Waals surface area contributed by atoms with Gasteiger partial charge in [0.25, 0.3) is 5.56 Å². The third-order valence-electron chi connectivity index (χ3n) is 7.80. The van der Waals surface area contributed by atoms with Crippen LogP contribution in [0, 0.1) is 0 Å². The third kappa shape index (κ3) is 4.48. The van der Waals surface area contributed by atoms with E-state index in [1.807, 2.05) is 28.8 Å². The number of aromatic nitrogens is 2. The van der Waals surface area contributed by atoms with E-state index in [9.17, 15) is 4.79 Å². The average molecular weight is 465 g/mol. The molecule has 0 unspecified atom stereocenters. The zero-order valence-corrected chi connectivity index (χ0v) is 20.1. The molecule has 0 amide bonds. The van der Waals surface area contributed by atoms with Crippen LogP contribution < -0.4 is 10.5 Å². The van der Waals surface area contributed by atoms with Crippen molar-refractivity contribution in [2.75, 3.05) is 31.1 Å². The van der Waals surface area contributed by atoms with Gasteiger partial charge in [0.05, 0.1) is 17.2 Å². The summed E-state index contributed by atoms with van der Waals surface area (Å²) in [6.07, 6.45) is 5.92. The van der Waals surface area contributed by atoms with Crippen LogP contribution >= 0.6 is 0 Å². The number of piperidine rings is 1. The van der Waals surface area contributed by atoms with E-state index >= 15 is 0 Å². The number of fused-ring (bicyclic) bond motifs is 3. The standard InChI is InChI=1S/C30H32N4O/c35-30-27-10-4-5-11-28(27)31-22-34(30)26-15-17-32(18-16-26)19-20-33-21-25-9-2-1-7-23(25)13-14-24-8-3-6-12-29(24)33/h1-12,22,26H,13-21H2. The number of hydrogen-bond acceptors (Lipinski definition) is 4. The van der Waals surface area contributed by atoms with Gasteiger partial charge in [-0.2, -0.15) is 0 Å². The molecule has 1 aromatic heterocycles. The number of aryl methyl sites for hydroxylation is 2. The summed E-state index contributed by atoms with van der Waals surface area (Å²) in [7, 11) is 0. The molecule has 178 valence electrons. The van der Waals surface area contributed by atoms with E-state index in [4.69, 9.17) is 0 Å². The summed E-state index contributed by atoms with van der Waals surface area (Å²) >= 11 is 0. The molecule has 35 heavy (non-hydrogen) atoms. The first kappa shape index (κ1) is 22.1. The summed E-state index contributed by atoms with van der Waals surface area (Å²) in [4.78, 5) is 22.7. The van der Waals surface area contributed by atoms with Crippen LogP contribution in [-0.4, -0.2) is 40.6 Å². The Balaban J connectivity index is 1.14. The molecule has 0 bridgehead atoms. The summed E-state index contributed by atoms with van der Waals surface area (Å²) in [5.74, 6) is 0. The van der Waals surface area contributed by atoms with Crippen LogP contribution in [0.15, 0.2) is 83.9 Å². The van der Waals surface area contributed by atoms with Crippen LogP contribution in [0.1, 0.15) is 35.6 Å². The molecule has 1 fully saturated rings. The lowest BCUT2D eigenvalue weighted by atomic mass is 9.95. The second-order valence-electron chi connectivity index (χ2n) is 9.87. The fraction of sp³-hybridized carbons (Fsp3) is 0.333. The van der Waals surface area contributed by atoms with E-state index in [0.29, 0.717) is 5.39 Å². The van der Waals surface area contributed by atoms with Gasteiger partial charge in [0.2, 0.25) is 0 Å². The number of hydrogen-bond donors (Lipinski definition) is 0. The molecule has 2 aliphatic rings. The van der Waals surface area contributed by atoms with Crippen molar-refractivity contribution in [2.24, 2.45) is 0 Å². The molecule has 0 radical (unpaired) electrons. The molecular formula is C30H32N4O. The summed E-state index contributed by atoms with van der Waals surface area (Å²) in [6.45, 7) is 5.02. The third-order valence-corrected chi connectivity index (χ3v) is 7.80. The molecule has 3 heterocycles. The van der Waals surface area contributed by atoms with E-state index in [1.165, 1.54) is 22.4 Å². The molecule has 0 saturated carbocycles. The van der Waals surface area contributed by atoms with Crippen LogP contribution in [0.3, 0.4) is 0 Å². The van der Waals surface area contributed by atoms with Crippen molar-refractivity contribution in [3.05, 3.63) is 106 Å². The van der Waals surface area contributed by atoms with Gasteiger partial charge in [-0.1, -0.05) is 54.6 Å². The van der Waals surface area contributed by atoms with Gasteiger partial charge in [-0.3, -0.25) is 9.36 Å². The van der Waals surface area contributed by atoms with Crippen LogP contribution in [-0.2, 0) is 19.4 Å². The van der Waals surface area contributed by atoms with E-state index in [0.717, 1.165) is 63.9 Å².